The van der Waals surface area contributed by atoms with Gasteiger partial charge in [-0.25, -0.2) is 4.79 Å². The van der Waals surface area contributed by atoms with Gasteiger partial charge in [-0.2, -0.15) is 0 Å². The summed E-state index contributed by atoms with van der Waals surface area (Å²) in [6.45, 7) is 4.00. The molecule has 0 aliphatic carbocycles. The minimum atomic E-state index is -0.823. The van der Waals surface area contributed by atoms with Crippen molar-refractivity contribution in [3.05, 3.63) is 65.7 Å². The molecule has 1 spiro atoms. The lowest BCUT2D eigenvalue weighted by molar-refractivity contribution is -0.133. The highest BCUT2D eigenvalue weighted by atomic mass is 16.5. The number of amides is 4. The first-order valence-electron chi connectivity index (χ1n) is 11.7. The summed E-state index contributed by atoms with van der Waals surface area (Å²) in [7, 11) is 1.60. The molecule has 2 N–H and O–H groups in total. The SMILES string of the molecule is COc1ccc(CN2C(=O)NC3(CCN(CC[C@H](NC(C)=O)c4ccccc4)CC3)C2=O)cc1. The van der Waals surface area contributed by atoms with Crippen LogP contribution in [0.5, 0.6) is 5.75 Å². The van der Waals surface area contributed by atoms with Gasteiger partial charge in [-0.15, -0.1) is 0 Å². The number of rotatable bonds is 8. The van der Waals surface area contributed by atoms with Crippen LogP contribution in [-0.2, 0) is 16.1 Å². The summed E-state index contributed by atoms with van der Waals surface area (Å²) in [5.41, 5.74) is 1.14. The monoisotopic (exact) mass is 464 g/mol. The zero-order valence-electron chi connectivity index (χ0n) is 19.8. The van der Waals surface area contributed by atoms with Crippen molar-refractivity contribution in [3.8, 4) is 5.75 Å². The van der Waals surface area contributed by atoms with E-state index in [4.69, 9.17) is 4.74 Å². The molecule has 2 heterocycles. The van der Waals surface area contributed by atoms with Gasteiger partial charge in [-0.1, -0.05) is 42.5 Å². The van der Waals surface area contributed by atoms with E-state index in [1.807, 2.05) is 54.6 Å². The summed E-state index contributed by atoms with van der Waals surface area (Å²) in [6.07, 6.45) is 1.93. The average Bonchev–Trinajstić information content (AvgIpc) is 3.07. The number of imide groups is 1. The van der Waals surface area contributed by atoms with Crippen LogP contribution in [0.3, 0.4) is 0 Å². The van der Waals surface area contributed by atoms with Crippen molar-refractivity contribution < 1.29 is 19.1 Å². The number of nitrogens with zero attached hydrogens (tertiary/aromatic N) is 2. The smallest absolute Gasteiger partial charge is 0.325 e. The Morgan fingerprint density at radius 1 is 1.09 bits per heavy atom. The van der Waals surface area contributed by atoms with Crippen LogP contribution >= 0.6 is 0 Å². The maximum absolute atomic E-state index is 13.3. The second-order valence-electron chi connectivity index (χ2n) is 9.05. The number of carbonyl (C=O) groups is 3. The van der Waals surface area contributed by atoms with Gasteiger partial charge < -0.3 is 20.3 Å². The lowest BCUT2D eigenvalue weighted by atomic mass is 9.87. The van der Waals surface area contributed by atoms with Crippen LogP contribution in [0.2, 0.25) is 0 Å². The van der Waals surface area contributed by atoms with Gasteiger partial charge in [0.05, 0.1) is 19.7 Å². The predicted molar refractivity (Wildman–Crippen MR) is 128 cm³/mol. The molecule has 2 fully saturated rings. The first-order chi connectivity index (χ1) is 16.4. The van der Waals surface area contributed by atoms with Crippen molar-refractivity contribution in [2.45, 2.75) is 44.3 Å². The maximum Gasteiger partial charge on any atom is 0.325 e. The fraction of sp³-hybridized carbons (Fsp3) is 0.423. The molecule has 180 valence electrons. The second-order valence-corrected chi connectivity index (χ2v) is 9.05. The fourth-order valence-electron chi connectivity index (χ4n) is 4.80. The molecular weight excluding hydrogens is 432 g/mol. The normalized spacial score (nSPS) is 18.6. The molecule has 34 heavy (non-hydrogen) atoms. The molecule has 8 heteroatoms. The summed E-state index contributed by atoms with van der Waals surface area (Å²) in [5.74, 6) is 0.536. The number of hydrogen-bond acceptors (Lipinski definition) is 5. The molecule has 4 rings (SSSR count). The third-order valence-corrected chi connectivity index (χ3v) is 6.77. The number of carbonyl (C=O) groups excluding carboxylic acids is 3. The predicted octanol–water partition coefficient (Wildman–Crippen LogP) is 2.85. The van der Waals surface area contributed by atoms with Gasteiger partial charge in [-0.05, 0) is 42.5 Å². The molecule has 8 nitrogen and oxygen atoms in total. The molecule has 0 unspecified atom stereocenters. The van der Waals surface area contributed by atoms with Crippen LogP contribution < -0.4 is 15.4 Å². The number of benzene rings is 2. The van der Waals surface area contributed by atoms with Gasteiger partial charge in [0.15, 0.2) is 0 Å². The lowest BCUT2D eigenvalue weighted by Gasteiger charge is -2.37. The molecular formula is C26H32N4O4. The van der Waals surface area contributed by atoms with Gasteiger partial charge in [0.1, 0.15) is 11.3 Å². The van der Waals surface area contributed by atoms with Gasteiger partial charge in [-0.3, -0.25) is 14.5 Å². The third-order valence-electron chi connectivity index (χ3n) is 6.77. The van der Waals surface area contributed by atoms with E-state index >= 15 is 0 Å². The van der Waals surface area contributed by atoms with Crippen LogP contribution in [0.4, 0.5) is 4.79 Å². The molecule has 4 amide bonds. The third kappa shape index (κ3) is 5.22. The summed E-state index contributed by atoms with van der Waals surface area (Å²) in [5, 5.41) is 6.02. The van der Waals surface area contributed by atoms with E-state index in [0.29, 0.717) is 25.9 Å². The minimum Gasteiger partial charge on any atom is -0.497 e. The summed E-state index contributed by atoms with van der Waals surface area (Å²) >= 11 is 0. The van der Waals surface area contributed by atoms with Crippen molar-refractivity contribution in [3.63, 3.8) is 0 Å². The molecule has 2 aliphatic heterocycles. The highest BCUT2D eigenvalue weighted by molar-refractivity contribution is 6.07. The van der Waals surface area contributed by atoms with Crippen LogP contribution in [0, 0.1) is 0 Å². The Balaban J connectivity index is 1.33. The van der Waals surface area contributed by atoms with Crippen molar-refractivity contribution in [2.75, 3.05) is 26.7 Å². The van der Waals surface area contributed by atoms with E-state index in [9.17, 15) is 14.4 Å². The van der Waals surface area contributed by atoms with E-state index in [1.165, 1.54) is 11.8 Å². The first-order valence-corrected chi connectivity index (χ1v) is 11.7. The van der Waals surface area contributed by atoms with Gasteiger partial charge in [0.25, 0.3) is 5.91 Å². The Labute approximate surface area is 200 Å². The number of hydrogen-bond donors (Lipinski definition) is 2. The van der Waals surface area contributed by atoms with E-state index in [0.717, 1.165) is 29.8 Å². The van der Waals surface area contributed by atoms with Crippen LogP contribution in [-0.4, -0.2) is 59.9 Å². The molecule has 2 aromatic carbocycles. The highest BCUT2D eigenvalue weighted by Gasteiger charge is 2.52. The molecule has 1 atom stereocenters. The molecule has 2 aromatic rings. The topological polar surface area (TPSA) is 91.0 Å². The zero-order chi connectivity index (χ0) is 24.1. The van der Waals surface area contributed by atoms with Crippen molar-refractivity contribution in [2.24, 2.45) is 0 Å². The Kier molecular flexibility index (Phi) is 7.17. The number of urea groups is 1. The minimum absolute atomic E-state index is 0.0531. The van der Waals surface area contributed by atoms with Gasteiger partial charge in [0.2, 0.25) is 5.91 Å². The number of nitrogens with one attached hydrogen (secondary N) is 2. The van der Waals surface area contributed by atoms with Crippen molar-refractivity contribution >= 4 is 17.8 Å². The molecule has 0 radical (unpaired) electrons. The molecule has 0 bridgehead atoms. The Morgan fingerprint density at radius 3 is 2.38 bits per heavy atom. The highest BCUT2D eigenvalue weighted by Crippen LogP contribution is 2.31. The van der Waals surface area contributed by atoms with Crippen molar-refractivity contribution in [1.82, 2.24) is 20.4 Å². The number of likely N-dealkylation sites (tertiary alicyclic amines) is 1. The Hall–Kier alpha value is -3.39. The maximum atomic E-state index is 13.3. The number of methoxy groups -OCH3 is 1. The second kappa shape index (κ2) is 10.3. The number of piperidine rings is 1. The van der Waals surface area contributed by atoms with Crippen LogP contribution in [0.1, 0.15) is 43.4 Å². The molecule has 0 aromatic heterocycles. The summed E-state index contributed by atoms with van der Waals surface area (Å²) in [6, 6.07) is 17.0. The molecule has 0 saturated carbocycles. The molecule has 2 saturated heterocycles. The van der Waals surface area contributed by atoms with Gasteiger partial charge >= 0.3 is 6.03 Å². The largest absolute Gasteiger partial charge is 0.497 e. The quantitative estimate of drug-likeness (QED) is 0.587. The van der Waals surface area contributed by atoms with E-state index < -0.39 is 5.54 Å². The summed E-state index contributed by atoms with van der Waals surface area (Å²) in [4.78, 5) is 41.2. The van der Waals surface area contributed by atoms with E-state index in [-0.39, 0.29) is 30.4 Å². The average molecular weight is 465 g/mol. The first kappa shape index (κ1) is 23.8. The van der Waals surface area contributed by atoms with Gasteiger partial charge in [0, 0.05) is 26.6 Å². The van der Waals surface area contributed by atoms with Crippen LogP contribution in [0.25, 0.3) is 0 Å². The number of ether oxygens (including phenoxy) is 1. The van der Waals surface area contributed by atoms with Crippen molar-refractivity contribution in [1.29, 1.82) is 0 Å². The summed E-state index contributed by atoms with van der Waals surface area (Å²) < 4.78 is 5.17. The van der Waals surface area contributed by atoms with E-state index in [2.05, 4.69) is 15.5 Å². The lowest BCUT2D eigenvalue weighted by Crippen LogP contribution is -2.55. The van der Waals surface area contributed by atoms with E-state index in [1.54, 1.807) is 7.11 Å². The Morgan fingerprint density at radius 2 is 1.76 bits per heavy atom. The molecule has 2 aliphatic rings. The fourth-order valence-corrected chi connectivity index (χ4v) is 4.80. The Bertz CT molecular complexity index is 1020. The van der Waals surface area contributed by atoms with Crippen LogP contribution in [0.15, 0.2) is 54.6 Å². The standard InChI is InChI=1S/C26H32N4O4/c1-19(31)27-23(21-6-4-3-5-7-21)12-15-29-16-13-26(14-17-29)24(32)30(25(33)28-26)18-20-8-10-22(34-2)11-9-20/h3-11,23H,12-18H2,1-2H3,(H,27,31)(H,28,33)/t23-/m0/s1. The zero-order valence-corrected chi connectivity index (χ0v) is 19.8.